The number of nitrogens with one attached hydrogen (secondary N) is 1. The molecule has 36 heavy (non-hydrogen) atoms. The highest BCUT2D eigenvalue weighted by Gasteiger charge is 2.17. The Kier molecular flexibility index (Phi) is 8.20. The number of aromatic nitrogens is 3. The minimum Gasteiger partial charge on any atom is -0.496 e. The minimum atomic E-state index is -0.299. The maximum absolute atomic E-state index is 12.6. The van der Waals surface area contributed by atoms with Crippen LogP contribution >= 0.6 is 11.8 Å². The second kappa shape index (κ2) is 11.9. The summed E-state index contributed by atoms with van der Waals surface area (Å²) in [4.78, 5) is 12.6. The molecule has 0 aliphatic carbocycles. The Balaban J connectivity index is 1.49. The van der Waals surface area contributed by atoms with Crippen LogP contribution in [0.5, 0.6) is 17.2 Å². The van der Waals surface area contributed by atoms with Crippen LogP contribution in [0.15, 0.2) is 83.1 Å². The molecule has 0 spiro atoms. The van der Waals surface area contributed by atoms with Crippen molar-refractivity contribution in [3.8, 4) is 34.3 Å². The van der Waals surface area contributed by atoms with Gasteiger partial charge in [-0.05, 0) is 12.1 Å². The van der Waals surface area contributed by atoms with Crippen molar-refractivity contribution >= 4 is 23.9 Å². The summed E-state index contributed by atoms with van der Waals surface area (Å²) in [7, 11) is 4.63. The maximum atomic E-state index is 12.6. The molecule has 10 heteroatoms. The lowest BCUT2D eigenvalue weighted by Crippen LogP contribution is -2.20. The highest BCUT2D eigenvalue weighted by molar-refractivity contribution is 7.99. The molecule has 4 rings (SSSR count). The van der Waals surface area contributed by atoms with Gasteiger partial charge in [-0.25, -0.2) is 5.43 Å². The Morgan fingerprint density at radius 2 is 1.58 bits per heavy atom. The summed E-state index contributed by atoms with van der Waals surface area (Å²) in [5, 5.41) is 13.4. The predicted octanol–water partition coefficient (Wildman–Crippen LogP) is 4.20. The van der Waals surface area contributed by atoms with E-state index in [9.17, 15) is 4.79 Å². The van der Waals surface area contributed by atoms with Crippen molar-refractivity contribution in [1.29, 1.82) is 0 Å². The molecule has 0 fully saturated rings. The third kappa shape index (κ3) is 5.66. The van der Waals surface area contributed by atoms with Gasteiger partial charge in [-0.2, -0.15) is 5.10 Å². The zero-order chi connectivity index (χ0) is 25.3. The summed E-state index contributed by atoms with van der Waals surface area (Å²) < 4.78 is 18.0. The Bertz CT molecular complexity index is 1320. The number of para-hydroxylation sites is 1. The average Bonchev–Trinajstić information content (AvgIpc) is 3.36. The zero-order valence-electron chi connectivity index (χ0n) is 20.0. The number of rotatable bonds is 10. The van der Waals surface area contributed by atoms with Gasteiger partial charge in [0.2, 0.25) is 0 Å². The van der Waals surface area contributed by atoms with Gasteiger partial charge in [0, 0.05) is 23.4 Å². The molecule has 1 aromatic heterocycles. The van der Waals surface area contributed by atoms with E-state index >= 15 is 0 Å². The van der Waals surface area contributed by atoms with Gasteiger partial charge in [0.05, 0.1) is 38.9 Å². The molecule has 3 aromatic carbocycles. The molecule has 0 atom stereocenters. The highest BCUT2D eigenvalue weighted by atomic mass is 32.2. The van der Waals surface area contributed by atoms with E-state index in [0.717, 1.165) is 11.3 Å². The number of thioether (sulfide) groups is 1. The molecule has 4 aromatic rings. The lowest BCUT2D eigenvalue weighted by Gasteiger charge is -2.12. The van der Waals surface area contributed by atoms with E-state index in [1.165, 1.54) is 32.2 Å². The molecule has 0 saturated heterocycles. The molecule has 1 amide bonds. The van der Waals surface area contributed by atoms with E-state index in [0.29, 0.717) is 33.8 Å². The first-order chi connectivity index (χ1) is 17.6. The van der Waals surface area contributed by atoms with Crippen LogP contribution < -0.4 is 19.6 Å². The summed E-state index contributed by atoms with van der Waals surface area (Å²) in [6.45, 7) is 0. The summed E-state index contributed by atoms with van der Waals surface area (Å²) in [6, 6.07) is 23.0. The molecule has 184 valence electrons. The van der Waals surface area contributed by atoms with Gasteiger partial charge < -0.3 is 14.2 Å². The SMILES string of the molecule is COc1cc(OC)c(/C=N\NC(=O)CSc2nnc(-c3ccccc3)n2-c2ccccc2)c(OC)c1. The maximum Gasteiger partial charge on any atom is 0.250 e. The van der Waals surface area contributed by atoms with Crippen LogP contribution in [0.3, 0.4) is 0 Å². The first kappa shape index (κ1) is 24.8. The number of methoxy groups -OCH3 is 3. The molecule has 0 unspecified atom stereocenters. The second-order valence-corrected chi connectivity index (χ2v) is 8.31. The molecule has 0 bridgehead atoms. The Morgan fingerprint density at radius 3 is 2.19 bits per heavy atom. The average molecular weight is 504 g/mol. The van der Waals surface area contributed by atoms with Crippen molar-refractivity contribution in [2.45, 2.75) is 5.16 Å². The van der Waals surface area contributed by atoms with Gasteiger partial charge in [-0.3, -0.25) is 9.36 Å². The van der Waals surface area contributed by atoms with Gasteiger partial charge in [0.25, 0.3) is 5.91 Å². The molecular formula is C26H25N5O4S. The van der Waals surface area contributed by atoms with Gasteiger partial charge >= 0.3 is 0 Å². The number of amides is 1. The smallest absolute Gasteiger partial charge is 0.250 e. The molecule has 0 aliphatic rings. The second-order valence-electron chi connectivity index (χ2n) is 7.37. The summed E-state index contributed by atoms with van der Waals surface area (Å²) in [5.74, 6) is 2.08. The lowest BCUT2D eigenvalue weighted by atomic mass is 10.2. The van der Waals surface area contributed by atoms with Crippen LogP contribution in [0.1, 0.15) is 5.56 Å². The normalized spacial score (nSPS) is 10.9. The fraction of sp³-hybridized carbons (Fsp3) is 0.154. The van der Waals surface area contributed by atoms with E-state index in [1.807, 2.05) is 65.2 Å². The van der Waals surface area contributed by atoms with Crippen LogP contribution in [0.4, 0.5) is 0 Å². The number of carbonyl (C=O) groups is 1. The van der Waals surface area contributed by atoms with Crippen LogP contribution in [-0.4, -0.2) is 54.0 Å². The van der Waals surface area contributed by atoms with Crippen molar-refractivity contribution in [2.75, 3.05) is 27.1 Å². The number of benzene rings is 3. The number of hydrazone groups is 1. The van der Waals surface area contributed by atoms with Crippen molar-refractivity contribution in [3.63, 3.8) is 0 Å². The molecule has 0 radical (unpaired) electrons. The molecule has 1 N–H and O–H groups in total. The summed E-state index contributed by atoms with van der Waals surface area (Å²) in [6.07, 6.45) is 1.47. The third-order valence-electron chi connectivity index (χ3n) is 5.15. The van der Waals surface area contributed by atoms with Crippen molar-refractivity contribution in [2.24, 2.45) is 5.10 Å². The Labute approximate surface area is 213 Å². The largest absolute Gasteiger partial charge is 0.496 e. The fourth-order valence-electron chi connectivity index (χ4n) is 3.44. The highest BCUT2D eigenvalue weighted by Crippen LogP contribution is 2.32. The first-order valence-corrected chi connectivity index (χ1v) is 11.9. The van der Waals surface area contributed by atoms with Crippen LogP contribution in [0, 0.1) is 0 Å². The fourth-order valence-corrected chi connectivity index (χ4v) is 4.18. The Hall–Kier alpha value is -4.31. The van der Waals surface area contributed by atoms with E-state index in [1.54, 1.807) is 19.2 Å². The van der Waals surface area contributed by atoms with Gasteiger partial charge in [-0.1, -0.05) is 60.3 Å². The van der Waals surface area contributed by atoms with E-state index < -0.39 is 0 Å². The van der Waals surface area contributed by atoms with Crippen LogP contribution in [-0.2, 0) is 4.79 Å². The lowest BCUT2D eigenvalue weighted by molar-refractivity contribution is -0.118. The molecule has 1 heterocycles. The van der Waals surface area contributed by atoms with Crippen molar-refractivity contribution < 1.29 is 19.0 Å². The zero-order valence-corrected chi connectivity index (χ0v) is 20.9. The molecule has 0 aliphatic heterocycles. The Morgan fingerprint density at radius 1 is 0.944 bits per heavy atom. The summed E-state index contributed by atoms with van der Waals surface area (Å²) >= 11 is 1.27. The number of carbonyl (C=O) groups excluding carboxylic acids is 1. The number of hydrogen-bond acceptors (Lipinski definition) is 8. The van der Waals surface area contributed by atoms with Gasteiger partial charge in [-0.15, -0.1) is 10.2 Å². The molecule has 0 saturated carbocycles. The van der Waals surface area contributed by atoms with Gasteiger partial charge in [0.1, 0.15) is 17.2 Å². The molecular weight excluding hydrogens is 478 g/mol. The predicted molar refractivity (Wildman–Crippen MR) is 139 cm³/mol. The van der Waals surface area contributed by atoms with E-state index in [2.05, 4.69) is 20.7 Å². The van der Waals surface area contributed by atoms with Crippen molar-refractivity contribution in [3.05, 3.63) is 78.4 Å². The number of hydrogen-bond donors (Lipinski definition) is 1. The van der Waals surface area contributed by atoms with E-state index in [4.69, 9.17) is 14.2 Å². The standard InChI is InChI=1S/C26H25N5O4S/c1-33-20-14-22(34-2)21(23(15-20)35-3)16-27-28-24(32)17-36-26-30-29-25(18-10-6-4-7-11-18)31(26)19-12-8-5-9-13-19/h4-16H,17H2,1-3H3,(H,28,32)/b27-16-. The monoisotopic (exact) mass is 503 g/mol. The van der Waals surface area contributed by atoms with E-state index in [-0.39, 0.29) is 11.7 Å². The van der Waals surface area contributed by atoms with Crippen molar-refractivity contribution in [1.82, 2.24) is 20.2 Å². The molecule has 9 nitrogen and oxygen atoms in total. The number of ether oxygens (including phenoxy) is 3. The van der Waals surface area contributed by atoms with Gasteiger partial charge in [0.15, 0.2) is 11.0 Å². The minimum absolute atomic E-state index is 0.0912. The number of nitrogens with zero attached hydrogens (tertiary/aromatic N) is 4. The van der Waals surface area contributed by atoms with Crippen LogP contribution in [0.25, 0.3) is 17.1 Å². The van der Waals surface area contributed by atoms with Crippen LogP contribution in [0.2, 0.25) is 0 Å². The quantitative estimate of drug-likeness (QED) is 0.197. The first-order valence-electron chi connectivity index (χ1n) is 11.0. The topological polar surface area (TPSA) is 99.9 Å². The third-order valence-corrected chi connectivity index (χ3v) is 6.08. The summed E-state index contributed by atoms with van der Waals surface area (Å²) in [5.41, 5.74) is 4.95.